The van der Waals surface area contributed by atoms with Crippen molar-refractivity contribution >= 4 is 11.6 Å². The number of hydrogen-bond acceptors (Lipinski definition) is 3. The smallest absolute Gasteiger partial charge is 0.253 e. The van der Waals surface area contributed by atoms with Crippen molar-refractivity contribution in [1.29, 1.82) is 0 Å². The summed E-state index contributed by atoms with van der Waals surface area (Å²) in [6, 6.07) is 5.04. The van der Waals surface area contributed by atoms with E-state index in [1.54, 1.807) is 31.4 Å². The third-order valence-corrected chi connectivity index (χ3v) is 2.40. The van der Waals surface area contributed by atoms with Crippen molar-refractivity contribution < 1.29 is 9.53 Å². The zero-order valence-corrected chi connectivity index (χ0v) is 10.2. The Morgan fingerprint density at radius 3 is 2.94 bits per heavy atom. The number of benzene rings is 1. The predicted octanol–water partition coefficient (Wildman–Crippen LogP) is 1.97. The maximum Gasteiger partial charge on any atom is 0.253 e. The highest BCUT2D eigenvalue weighted by Gasteiger charge is 2.12. The number of carbonyl (C=O) groups excluding carboxylic acids is 1. The van der Waals surface area contributed by atoms with E-state index in [4.69, 9.17) is 10.5 Å². The van der Waals surface area contributed by atoms with Gasteiger partial charge in [0.15, 0.2) is 0 Å². The first-order valence-electron chi connectivity index (χ1n) is 5.43. The van der Waals surface area contributed by atoms with Crippen molar-refractivity contribution in [2.75, 3.05) is 12.8 Å². The quantitative estimate of drug-likeness (QED) is 0.604. The molecular weight excluding hydrogens is 216 g/mol. The number of hydrogen-bond donors (Lipinski definition) is 2. The number of anilines is 1. The number of carbonyl (C=O) groups is 1. The third kappa shape index (κ3) is 3.52. The Balaban J connectivity index is 2.84. The van der Waals surface area contributed by atoms with Gasteiger partial charge in [0.05, 0.1) is 12.7 Å². The SMILES string of the molecule is C=CCC(C)NC(=O)c1cc(OC)ccc1N. The lowest BCUT2D eigenvalue weighted by Crippen LogP contribution is -2.32. The van der Waals surface area contributed by atoms with Gasteiger partial charge in [0.1, 0.15) is 5.75 Å². The first-order valence-corrected chi connectivity index (χ1v) is 5.43. The molecule has 4 heteroatoms. The van der Waals surface area contributed by atoms with E-state index in [-0.39, 0.29) is 11.9 Å². The Morgan fingerprint density at radius 2 is 2.35 bits per heavy atom. The highest BCUT2D eigenvalue weighted by molar-refractivity contribution is 5.99. The summed E-state index contributed by atoms with van der Waals surface area (Å²) >= 11 is 0. The average Bonchev–Trinajstić information content (AvgIpc) is 2.29. The van der Waals surface area contributed by atoms with Gasteiger partial charge in [0.25, 0.3) is 5.91 Å². The Kier molecular flexibility index (Phi) is 4.57. The van der Waals surface area contributed by atoms with E-state index in [2.05, 4.69) is 11.9 Å². The zero-order valence-electron chi connectivity index (χ0n) is 10.2. The molecule has 0 radical (unpaired) electrons. The van der Waals surface area contributed by atoms with Crippen LogP contribution in [0.1, 0.15) is 23.7 Å². The third-order valence-electron chi connectivity index (χ3n) is 2.40. The fraction of sp³-hybridized carbons (Fsp3) is 0.308. The molecule has 1 aromatic carbocycles. The molecule has 0 aliphatic carbocycles. The molecule has 0 heterocycles. The summed E-state index contributed by atoms with van der Waals surface area (Å²) in [5, 5.41) is 2.84. The lowest BCUT2D eigenvalue weighted by molar-refractivity contribution is 0.0941. The Labute approximate surface area is 101 Å². The molecule has 0 bridgehead atoms. The van der Waals surface area contributed by atoms with Crippen molar-refractivity contribution in [1.82, 2.24) is 5.32 Å². The van der Waals surface area contributed by atoms with Crippen LogP contribution in [0.2, 0.25) is 0 Å². The van der Waals surface area contributed by atoms with Crippen molar-refractivity contribution in [2.24, 2.45) is 0 Å². The molecule has 1 aromatic rings. The van der Waals surface area contributed by atoms with Crippen LogP contribution in [0.4, 0.5) is 5.69 Å². The molecule has 3 N–H and O–H groups in total. The van der Waals surface area contributed by atoms with Crippen molar-refractivity contribution in [3.63, 3.8) is 0 Å². The van der Waals surface area contributed by atoms with Gasteiger partial charge in [-0.25, -0.2) is 0 Å². The van der Waals surface area contributed by atoms with E-state index in [0.717, 1.165) is 6.42 Å². The van der Waals surface area contributed by atoms with Crippen LogP contribution in [0.25, 0.3) is 0 Å². The average molecular weight is 234 g/mol. The molecule has 1 rings (SSSR count). The molecule has 92 valence electrons. The minimum Gasteiger partial charge on any atom is -0.497 e. The van der Waals surface area contributed by atoms with Gasteiger partial charge in [-0.2, -0.15) is 0 Å². The normalized spacial score (nSPS) is 11.6. The van der Waals surface area contributed by atoms with E-state index in [1.165, 1.54) is 0 Å². The fourth-order valence-corrected chi connectivity index (χ4v) is 1.47. The van der Waals surface area contributed by atoms with Crippen molar-refractivity contribution in [2.45, 2.75) is 19.4 Å². The molecule has 0 spiro atoms. The number of nitrogen functional groups attached to an aromatic ring is 1. The van der Waals surface area contributed by atoms with Crippen LogP contribution < -0.4 is 15.8 Å². The molecule has 0 aliphatic heterocycles. The summed E-state index contributed by atoms with van der Waals surface area (Å²) in [5.41, 5.74) is 6.63. The summed E-state index contributed by atoms with van der Waals surface area (Å²) in [7, 11) is 1.55. The number of methoxy groups -OCH3 is 1. The second-order valence-corrected chi connectivity index (χ2v) is 3.85. The lowest BCUT2D eigenvalue weighted by Gasteiger charge is -2.13. The van der Waals surface area contributed by atoms with Crippen LogP contribution >= 0.6 is 0 Å². The molecule has 1 unspecified atom stereocenters. The Morgan fingerprint density at radius 1 is 1.65 bits per heavy atom. The van der Waals surface area contributed by atoms with Crippen LogP contribution in [-0.2, 0) is 0 Å². The topological polar surface area (TPSA) is 64.3 Å². The number of nitrogens with two attached hydrogens (primary N) is 1. The second kappa shape index (κ2) is 5.94. The number of nitrogens with one attached hydrogen (secondary N) is 1. The summed E-state index contributed by atoms with van der Waals surface area (Å²) in [5.74, 6) is 0.413. The van der Waals surface area contributed by atoms with Gasteiger partial charge in [-0.1, -0.05) is 6.08 Å². The summed E-state index contributed by atoms with van der Waals surface area (Å²) in [6.45, 7) is 5.54. The van der Waals surface area contributed by atoms with Crippen molar-refractivity contribution in [3.8, 4) is 5.75 Å². The zero-order chi connectivity index (χ0) is 12.8. The van der Waals surface area contributed by atoms with Crippen LogP contribution in [0.5, 0.6) is 5.75 Å². The van der Waals surface area contributed by atoms with Gasteiger partial charge in [0, 0.05) is 11.7 Å². The van der Waals surface area contributed by atoms with Gasteiger partial charge < -0.3 is 15.8 Å². The van der Waals surface area contributed by atoms with E-state index < -0.39 is 0 Å². The standard InChI is InChI=1S/C13H18N2O2/c1-4-5-9(2)15-13(16)11-8-10(17-3)6-7-12(11)14/h4,6-9H,1,5,14H2,2-3H3,(H,15,16). The minimum absolute atomic E-state index is 0.0330. The molecular formula is C13H18N2O2. The lowest BCUT2D eigenvalue weighted by atomic mass is 10.1. The fourth-order valence-electron chi connectivity index (χ4n) is 1.47. The molecule has 0 aromatic heterocycles. The number of rotatable bonds is 5. The largest absolute Gasteiger partial charge is 0.497 e. The maximum atomic E-state index is 11.9. The van der Waals surface area contributed by atoms with Crippen LogP contribution in [0, 0.1) is 0 Å². The van der Waals surface area contributed by atoms with Crippen molar-refractivity contribution in [3.05, 3.63) is 36.4 Å². The highest BCUT2D eigenvalue weighted by atomic mass is 16.5. The molecule has 1 amide bonds. The summed E-state index contributed by atoms with van der Waals surface area (Å²) in [4.78, 5) is 11.9. The first-order chi connectivity index (χ1) is 8.08. The Bertz CT molecular complexity index is 416. The van der Waals surface area contributed by atoms with Gasteiger partial charge in [-0.05, 0) is 31.5 Å². The van der Waals surface area contributed by atoms with Gasteiger partial charge in [0.2, 0.25) is 0 Å². The Hall–Kier alpha value is -1.97. The molecule has 0 aliphatic rings. The number of amides is 1. The molecule has 4 nitrogen and oxygen atoms in total. The highest BCUT2D eigenvalue weighted by Crippen LogP contribution is 2.19. The maximum absolute atomic E-state index is 11.9. The molecule has 0 saturated heterocycles. The molecule has 17 heavy (non-hydrogen) atoms. The summed E-state index contributed by atoms with van der Waals surface area (Å²) < 4.78 is 5.06. The van der Waals surface area contributed by atoms with Crippen LogP contribution in [0.15, 0.2) is 30.9 Å². The first kappa shape index (κ1) is 13.1. The van der Waals surface area contributed by atoms with Gasteiger partial charge >= 0.3 is 0 Å². The van der Waals surface area contributed by atoms with E-state index in [9.17, 15) is 4.79 Å². The van der Waals surface area contributed by atoms with E-state index in [1.807, 2.05) is 6.92 Å². The second-order valence-electron chi connectivity index (χ2n) is 3.85. The molecule has 1 atom stereocenters. The van der Waals surface area contributed by atoms with Crippen LogP contribution in [-0.4, -0.2) is 19.1 Å². The monoisotopic (exact) mass is 234 g/mol. The summed E-state index contributed by atoms with van der Waals surface area (Å²) in [6.07, 6.45) is 2.48. The molecule has 0 fully saturated rings. The minimum atomic E-state index is -0.198. The van der Waals surface area contributed by atoms with Gasteiger partial charge in [-0.3, -0.25) is 4.79 Å². The van der Waals surface area contributed by atoms with E-state index >= 15 is 0 Å². The molecule has 0 saturated carbocycles. The predicted molar refractivity (Wildman–Crippen MR) is 69.1 cm³/mol. The van der Waals surface area contributed by atoms with Crippen LogP contribution in [0.3, 0.4) is 0 Å². The van der Waals surface area contributed by atoms with Gasteiger partial charge in [-0.15, -0.1) is 6.58 Å². The van der Waals surface area contributed by atoms with E-state index in [0.29, 0.717) is 17.0 Å². The number of ether oxygens (including phenoxy) is 1.